The van der Waals surface area contributed by atoms with E-state index < -0.39 is 11.9 Å². The van der Waals surface area contributed by atoms with E-state index >= 15 is 0 Å². The van der Waals surface area contributed by atoms with E-state index in [-0.39, 0.29) is 5.70 Å². The quantitative estimate of drug-likeness (QED) is 0.666. The first-order chi connectivity index (χ1) is 10.5. The molecule has 8 heteroatoms. The molecule has 22 heavy (non-hydrogen) atoms. The Kier molecular flexibility index (Phi) is 5.11. The number of carbonyl (C=O) groups is 2. The molecule has 0 fully saturated rings. The van der Waals surface area contributed by atoms with Crippen LogP contribution < -0.4 is 14.8 Å². The van der Waals surface area contributed by atoms with Crippen LogP contribution >= 0.6 is 11.6 Å². The van der Waals surface area contributed by atoms with E-state index in [1.807, 2.05) is 0 Å². The first-order valence-corrected chi connectivity index (χ1v) is 6.67. The second-order valence-electron chi connectivity index (χ2n) is 4.17. The lowest BCUT2D eigenvalue weighted by Gasteiger charge is -2.20. The molecule has 1 aliphatic heterocycles. The van der Waals surface area contributed by atoms with Gasteiger partial charge in [0.1, 0.15) is 18.9 Å². The van der Waals surface area contributed by atoms with Crippen molar-refractivity contribution in [1.82, 2.24) is 0 Å². The molecule has 0 aliphatic carbocycles. The van der Waals surface area contributed by atoms with Crippen molar-refractivity contribution in [2.75, 3.05) is 32.8 Å². The van der Waals surface area contributed by atoms with Crippen LogP contribution in [0.3, 0.4) is 0 Å². The van der Waals surface area contributed by atoms with Crippen LogP contribution in [0.2, 0.25) is 5.02 Å². The van der Waals surface area contributed by atoms with Gasteiger partial charge < -0.3 is 24.3 Å². The first kappa shape index (κ1) is 16.0. The van der Waals surface area contributed by atoms with Crippen LogP contribution in [0.15, 0.2) is 23.9 Å². The van der Waals surface area contributed by atoms with Crippen molar-refractivity contribution in [3.05, 3.63) is 28.9 Å². The Bertz CT molecular complexity index is 628. The van der Waals surface area contributed by atoms with Gasteiger partial charge in [0.05, 0.1) is 31.0 Å². The van der Waals surface area contributed by atoms with Gasteiger partial charge in [-0.25, -0.2) is 9.59 Å². The molecule has 1 N–H and O–H groups in total. The van der Waals surface area contributed by atoms with E-state index in [9.17, 15) is 9.59 Å². The number of benzene rings is 1. The van der Waals surface area contributed by atoms with Gasteiger partial charge in [0.15, 0.2) is 11.5 Å². The number of fused-ring (bicyclic) bond motifs is 1. The van der Waals surface area contributed by atoms with Gasteiger partial charge in [0.2, 0.25) is 0 Å². The maximum absolute atomic E-state index is 11.7. The normalized spacial score (nSPS) is 13.3. The average molecular weight is 328 g/mol. The molecule has 1 aromatic carbocycles. The Morgan fingerprint density at radius 3 is 2.41 bits per heavy atom. The predicted octanol–water partition coefficient (Wildman–Crippen LogP) is 1.75. The molecule has 0 saturated heterocycles. The van der Waals surface area contributed by atoms with Crippen LogP contribution in [0.5, 0.6) is 11.5 Å². The molecule has 0 spiro atoms. The number of anilines is 1. The lowest BCUT2D eigenvalue weighted by Crippen LogP contribution is -2.17. The molecule has 1 aromatic rings. The molecule has 0 unspecified atom stereocenters. The topological polar surface area (TPSA) is 83.1 Å². The molecule has 0 atom stereocenters. The summed E-state index contributed by atoms with van der Waals surface area (Å²) in [6, 6.07) is 3.14. The molecule has 1 heterocycles. The zero-order chi connectivity index (χ0) is 16.1. The number of esters is 2. The fourth-order valence-corrected chi connectivity index (χ4v) is 1.94. The number of carbonyl (C=O) groups excluding carboxylic acids is 2. The monoisotopic (exact) mass is 327 g/mol. The third kappa shape index (κ3) is 3.62. The van der Waals surface area contributed by atoms with Gasteiger partial charge in [-0.05, 0) is 0 Å². The molecule has 2 rings (SSSR count). The summed E-state index contributed by atoms with van der Waals surface area (Å²) in [5.74, 6) is -0.447. The number of ether oxygens (including phenoxy) is 4. The minimum Gasteiger partial charge on any atom is -0.486 e. The number of hydrogen-bond acceptors (Lipinski definition) is 7. The van der Waals surface area contributed by atoms with Crippen molar-refractivity contribution < 1.29 is 28.5 Å². The van der Waals surface area contributed by atoms with E-state index in [0.29, 0.717) is 35.4 Å². The lowest BCUT2D eigenvalue weighted by molar-refractivity contribution is -0.138. The molecule has 0 amide bonds. The summed E-state index contributed by atoms with van der Waals surface area (Å²) < 4.78 is 19.9. The summed E-state index contributed by atoms with van der Waals surface area (Å²) >= 11 is 6.13. The maximum Gasteiger partial charge on any atom is 0.354 e. The smallest absolute Gasteiger partial charge is 0.354 e. The van der Waals surface area contributed by atoms with Gasteiger partial charge in [-0.3, -0.25) is 0 Å². The van der Waals surface area contributed by atoms with Crippen LogP contribution in [-0.4, -0.2) is 39.4 Å². The number of hydrogen-bond donors (Lipinski definition) is 1. The molecule has 1 aliphatic rings. The minimum absolute atomic E-state index is 0.118. The Morgan fingerprint density at radius 1 is 1.18 bits per heavy atom. The summed E-state index contributed by atoms with van der Waals surface area (Å²) in [6.07, 6.45) is 0.971. The number of nitrogens with one attached hydrogen (secondary N) is 1. The SMILES string of the molecule is COC(=O)/C=C(/Nc1cc2c(cc1Cl)OCCO2)C(=O)OC. The van der Waals surface area contributed by atoms with Crippen molar-refractivity contribution >= 4 is 29.2 Å². The van der Waals surface area contributed by atoms with Crippen molar-refractivity contribution in [2.24, 2.45) is 0 Å². The van der Waals surface area contributed by atoms with E-state index in [0.717, 1.165) is 6.08 Å². The zero-order valence-electron chi connectivity index (χ0n) is 12.0. The molecule has 0 bridgehead atoms. The fourth-order valence-electron chi connectivity index (χ4n) is 1.74. The van der Waals surface area contributed by atoms with E-state index in [4.69, 9.17) is 21.1 Å². The Hall–Kier alpha value is -2.41. The third-order valence-corrected chi connectivity index (χ3v) is 3.08. The van der Waals surface area contributed by atoms with Crippen molar-refractivity contribution in [1.29, 1.82) is 0 Å². The number of methoxy groups -OCH3 is 2. The summed E-state index contributed by atoms with van der Waals surface area (Å²) in [5, 5.41) is 3.03. The van der Waals surface area contributed by atoms with Gasteiger partial charge in [0, 0.05) is 12.1 Å². The van der Waals surface area contributed by atoms with Gasteiger partial charge >= 0.3 is 11.9 Å². The van der Waals surface area contributed by atoms with Crippen LogP contribution in [0.25, 0.3) is 0 Å². The van der Waals surface area contributed by atoms with Gasteiger partial charge in [0.25, 0.3) is 0 Å². The van der Waals surface area contributed by atoms with Gasteiger partial charge in [-0.1, -0.05) is 11.6 Å². The highest BCUT2D eigenvalue weighted by molar-refractivity contribution is 6.33. The standard InChI is InChI=1S/C14H14ClNO6/c1-19-13(17)7-10(14(18)20-2)16-9-6-12-11(5-8(9)15)21-3-4-22-12/h5-7,16H,3-4H2,1-2H3/b10-7+. The van der Waals surface area contributed by atoms with Gasteiger partial charge in [-0.15, -0.1) is 0 Å². The zero-order valence-corrected chi connectivity index (χ0v) is 12.7. The second kappa shape index (κ2) is 7.04. The maximum atomic E-state index is 11.7. The Labute approximate surface area is 131 Å². The highest BCUT2D eigenvalue weighted by Crippen LogP contribution is 2.38. The Balaban J connectivity index is 2.32. The highest BCUT2D eigenvalue weighted by Gasteiger charge is 2.18. The summed E-state index contributed by atoms with van der Waals surface area (Å²) in [6.45, 7) is 0.849. The molecule has 0 saturated carbocycles. The molecular formula is C14H14ClNO6. The van der Waals surface area contributed by atoms with E-state index in [1.165, 1.54) is 14.2 Å². The molecule has 0 radical (unpaired) electrons. The van der Waals surface area contributed by atoms with Crippen LogP contribution in [0, 0.1) is 0 Å². The molecule has 118 valence electrons. The summed E-state index contributed by atoms with van der Waals surface area (Å²) in [4.78, 5) is 23.0. The minimum atomic E-state index is -0.739. The third-order valence-electron chi connectivity index (χ3n) is 2.77. The van der Waals surface area contributed by atoms with E-state index in [1.54, 1.807) is 12.1 Å². The molecule has 7 nitrogen and oxygen atoms in total. The Morgan fingerprint density at radius 2 is 1.82 bits per heavy atom. The van der Waals surface area contributed by atoms with Crippen LogP contribution in [0.1, 0.15) is 0 Å². The average Bonchev–Trinajstić information content (AvgIpc) is 2.53. The number of rotatable bonds is 4. The lowest BCUT2D eigenvalue weighted by atomic mass is 10.2. The second-order valence-corrected chi connectivity index (χ2v) is 4.58. The van der Waals surface area contributed by atoms with Gasteiger partial charge in [-0.2, -0.15) is 0 Å². The summed E-state index contributed by atoms with van der Waals surface area (Å²) in [5.41, 5.74) is 0.249. The predicted molar refractivity (Wildman–Crippen MR) is 78.2 cm³/mol. The highest BCUT2D eigenvalue weighted by atomic mass is 35.5. The van der Waals surface area contributed by atoms with Crippen molar-refractivity contribution in [3.8, 4) is 11.5 Å². The summed E-state index contributed by atoms with van der Waals surface area (Å²) in [7, 11) is 2.39. The molecular weight excluding hydrogens is 314 g/mol. The number of halogens is 1. The largest absolute Gasteiger partial charge is 0.486 e. The molecule has 0 aromatic heterocycles. The van der Waals surface area contributed by atoms with Crippen LogP contribution in [-0.2, 0) is 19.1 Å². The fraction of sp³-hybridized carbons (Fsp3) is 0.286. The van der Waals surface area contributed by atoms with Crippen LogP contribution in [0.4, 0.5) is 5.69 Å². The first-order valence-electron chi connectivity index (χ1n) is 6.29. The van der Waals surface area contributed by atoms with E-state index in [2.05, 4.69) is 14.8 Å². The van der Waals surface area contributed by atoms with Crippen molar-refractivity contribution in [3.63, 3.8) is 0 Å². The van der Waals surface area contributed by atoms with Crippen molar-refractivity contribution in [2.45, 2.75) is 0 Å².